The Labute approximate surface area is 118 Å². The molecule has 94 valence electrons. The van der Waals surface area contributed by atoms with Crippen molar-refractivity contribution in [2.45, 2.75) is 0 Å². The molecule has 0 radical (unpaired) electrons. The Hall–Kier alpha value is -1.71. The lowest BCUT2D eigenvalue weighted by Crippen LogP contribution is -1.95. The van der Waals surface area contributed by atoms with E-state index < -0.39 is 5.82 Å². The van der Waals surface area contributed by atoms with Gasteiger partial charge in [0.25, 0.3) is 0 Å². The predicted octanol–water partition coefficient (Wildman–Crippen LogP) is 4.74. The van der Waals surface area contributed by atoms with Gasteiger partial charge in [0, 0.05) is 5.56 Å². The van der Waals surface area contributed by atoms with Crippen LogP contribution in [0.5, 0.6) is 0 Å². The molecule has 0 amide bonds. The van der Waals surface area contributed by atoms with E-state index in [9.17, 15) is 4.39 Å². The van der Waals surface area contributed by atoms with Gasteiger partial charge in [-0.2, -0.15) is 0 Å². The van der Waals surface area contributed by atoms with E-state index >= 15 is 0 Å². The van der Waals surface area contributed by atoms with Crippen LogP contribution in [0.15, 0.2) is 42.5 Å². The Kier molecular flexibility index (Phi) is 3.09. The van der Waals surface area contributed by atoms with Crippen LogP contribution in [-0.4, -0.2) is 9.97 Å². The van der Waals surface area contributed by atoms with Gasteiger partial charge in [-0.1, -0.05) is 65.7 Å². The quantitative estimate of drug-likeness (QED) is 0.605. The van der Waals surface area contributed by atoms with Gasteiger partial charge in [-0.25, -0.2) is 14.4 Å². The van der Waals surface area contributed by atoms with Crippen LogP contribution in [0.4, 0.5) is 4.39 Å². The van der Waals surface area contributed by atoms with Crippen molar-refractivity contribution in [2.75, 3.05) is 0 Å². The molecular weight excluding hydrogens is 286 g/mol. The summed E-state index contributed by atoms with van der Waals surface area (Å²) in [6.45, 7) is 0. The number of nitrogens with zero attached hydrogens (tertiary/aromatic N) is 2. The fourth-order valence-electron chi connectivity index (χ4n) is 1.94. The van der Waals surface area contributed by atoms with Gasteiger partial charge in [0.15, 0.2) is 21.9 Å². The van der Waals surface area contributed by atoms with Gasteiger partial charge in [-0.3, -0.25) is 0 Å². The minimum Gasteiger partial charge on any atom is -0.213 e. The Morgan fingerprint density at radius 2 is 1.47 bits per heavy atom. The highest BCUT2D eigenvalue weighted by Gasteiger charge is 2.13. The third kappa shape index (κ3) is 2.15. The van der Waals surface area contributed by atoms with E-state index in [0.29, 0.717) is 5.82 Å². The van der Waals surface area contributed by atoms with Crippen molar-refractivity contribution in [1.29, 1.82) is 0 Å². The van der Waals surface area contributed by atoms with Gasteiger partial charge < -0.3 is 0 Å². The van der Waals surface area contributed by atoms with Gasteiger partial charge >= 0.3 is 0 Å². The summed E-state index contributed by atoms with van der Waals surface area (Å²) in [5.74, 6) is -0.486. The molecule has 0 saturated heterocycles. The van der Waals surface area contributed by atoms with Gasteiger partial charge in [0.2, 0.25) is 0 Å². The highest BCUT2D eigenvalue weighted by molar-refractivity contribution is 6.33. The van der Waals surface area contributed by atoms with E-state index in [4.69, 9.17) is 23.2 Å². The van der Waals surface area contributed by atoms with Crippen molar-refractivity contribution in [1.82, 2.24) is 9.97 Å². The van der Waals surface area contributed by atoms with E-state index in [0.717, 1.165) is 16.3 Å². The third-order valence-corrected chi connectivity index (χ3v) is 3.30. The second-order valence-electron chi connectivity index (χ2n) is 3.97. The highest BCUT2D eigenvalue weighted by atomic mass is 35.5. The van der Waals surface area contributed by atoms with Crippen LogP contribution in [0, 0.1) is 5.82 Å². The van der Waals surface area contributed by atoms with Gasteiger partial charge in [-0.15, -0.1) is 0 Å². The standard InChI is InChI=1S/C14H7Cl2FN2/c15-12-11(17)13(16)19-14(18-12)10-7-3-5-8-4-1-2-6-9(8)10/h1-7H. The maximum atomic E-state index is 13.4. The smallest absolute Gasteiger partial charge is 0.197 e. The van der Waals surface area contributed by atoms with Crippen LogP contribution in [0.25, 0.3) is 22.2 Å². The van der Waals surface area contributed by atoms with Crippen molar-refractivity contribution in [2.24, 2.45) is 0 Å². The summed E-state index contributed by atoms with van der Waals surface area (Å²) >= 11 is 11.4. The summed E-state index contributed by atoms with van der Waals surface area (Å²) in [4.78, 5) is 7.90. The Morgan fingerprint density at radius 3 is 2.21 bits per heavy atom. The van der Waals surface area contributed by atoms with Crippen LogP contribution >= 0.6 is 23.2 Å². The van der Waals surface area contributed by atoms with Crippen LogP contribution in [0.2, 0.25) is 10.3 Å². The molecule has 1 heterocycles. The van der Waals surface area contributed by atoms with Crippen molar-refractivity contribution in [3.05, 3.63) is 58.6 Å². The number of rotatable bonds is 1. The number of benzene rings is 2. The zero-order valence-electron chi connectivity index (χ0n) is 9.57. The molecule has 0 aliphatic heterocycles. The summed E-state index contributed by atoms with van der Waals surface area (Å²) in [5, 5.41) is 1.45. The fraction of sp³-hybridized carbons (Fsp3) is 0. The summed E-state index contributed by atoms with van der Waals surface area (Å²) in [6.07, 6.45) is 0. The molecule has 0 aliphatic rings. The van der Waals surface area contributed by atoms with Crippen LogP contribution in [0.3, 0.4) is 0 Å². The Balaban J connectivity index is 2.31. The summed E-state index contributed by atoms with van der Waals surface area (Å²) in [7, 11) is 0. The number of hydrogen-bond acceptors (Lipinski definition) is 2. The van der Waals surface area contributed by atoms with Gasteiger partial charge in [0.1, 0.15) is 0 Å². The molecule has 19 heavy (non-hydrogen) atoms. The van der Waals surface area contributed by atoms with Crippen LogP contribution < -0.4 is 0 Å². The minimum absolute atomic E-state index is 0.275. The van der Waals surface area contributed by atoms with E-state index in [1.807, 2.05) is 42.5 Å². The molecule has 2 nitrogen and oxygen atoms in total. The normalized spacial score (nSPS) is 10.9. The molecule has 0 aliphatic carbocycles. The Bertz CT molecular complexity index is 746. The molecule has 0 saturated carbocycles. The van der Waals surface area contributed by atoms with E-state index in [2.05, 4.69) is 9.97 Å². The lowest BCUT2D eigenvalue weighted by atomic mass is 10.0. The minimum atomic E-state index is -0.799. The third-order valence-electron chi connectivity index (χ3n) is 2.80. The van der Waals surface area contributed by atoms with Crippen LogP contribution in [-0.2, 0) is 0 Å². The average Bonchev–Trinajstić information content (AvgIpc) is 2.43. The van der Waals surface area contributed by atoms with Crippen molar-refractivity contribution < 1.29 is 4.39 Å². The maximum absolute atomic E-state index is 13.4. The molecule has 3 rings (SSSR count). The number of hydrogen-bond donors (Lipinski definition) is 0. The molecule has 0 spiro atoms. The van der Waals surface area contributed by atoms with E-state index in [1.54, 1.807) is 0 Å². The first kappa shape index (κ1) is 12.3. The monoisotopic (exact) mass is 292 g/mol. The molecule has 3 aromatic rings. The number of aromatic nitrogens is 2. The van der Waals surface area contributed by atoms with Crippen molar-refractivity contribution >= 4 is 34.0 Å². The molecule has 0 N–H and O–H groups in total. The molecule has 1 aromatic heterocycles. The summed E-state index contributed by atoms with van der Waals surface area (Å²) in [6, 6.07) is 13.5. The lowest BCUT2D eigenvalue weighted by Gasteiger charge is -2.06. The second kappa shape index (κ2) is 4.76. The lowest BCUT2D eigenvalue weighted by molar-refractivity contribution is 0.615. The number of fused-ring (bicyclic) bond motifs is 1. The SMILES string of the molecule is Fc1c(Cl)nc(-c2cccc3ccccc23)nc1Cl. The molecular formula is C14H7Cl2FN2. The van der Waals surface area contributed by atoms with Gasteiger partial charge in [0.05, 0.1) is 0 Å². The fourth-order valence-corrected chi connectivity index (χ4v) is 2.32. The van der Waals surface area contributed by atoms with Gasteiger partial charge in [-0.05, 0) is 10.8 Å². The predicted molar refractivity (Wildman–Crippen MR) is 75.0 cm³/mol. The van der Waals surface area contributed by atoms with E-state index in [-0.39, 0.29) is 10.3 Å². The molecule has 0 unspecified atom stereocenters. The zero-order valence-corrected chi connectivity index (χ0v) is 11.1. The molecule has 0 bridgehead atoms. The summed E-state index contributed by atoms with van der Waals surface area (Å²) in [5.41, 5.74) is 0.766. The topological polar surface area (TPSA) is 25.8 Å². The van der Waals surface area contributed by atoms with E-state index in [1.165, 1.54) is 0 Å². The largest absolute Gasteiger partial charge is 0.213 e. The first-order valence-electron chi connectivity index (χ1n) is 5.53. The molecule has 5 heteroatoms. The molecule has 0 fully saturated rings. The Morgan fingerprint density at radius 1 is 0.842 bits per heavy atom. The number of halogens is 3. The highest BCUT2D eigenvalue weighted by Crippen LogP contribution is 2.29. The molecule has 0 atom stereocenters. The van der Waals surface area contributed by atoms with Crippen molar-refractivity contribution in [3.8, 4) is 11.4 Å². The first-order chi connectivity index (χ1) is 9.16. The molecule has 2 aromatic carbocycles. The first-order valence-corrected chi connectivity index (χ1v) is 6.29. The zero-order chi connectivity index (χ0) is 13.4. The van der Waals surface area contributed by atoms with Crippen LogP contribution in [0.1, 0.15) is 0 Å². The summed E-state index contributed by atoms with van der Waals surface area (Å²) < 4.78 is 13.4. The average molecular weight is 293 g/mol. The maximum Gasteiger partial charge on any atom is 0.197 e. The van der Waals surface area contributed by atoms with Crippen molar-refractivity contribution in [3.63, 3.8) is 0 Å². The second-order valence-corrected chi connectivity index (χ2v) is 4.69.